The molecule has 0 amide bonds. The van der Waals surface area contributed by atoms with Gasteiger partial charge in [0.2, 0.25) is 0 Å². The van der Waals surface area contributed by atoms with Crippen molar-refractivity contribution in [2.75, 3.05) is 13.2 Å². The van der Waals surface area contributed by atoms with Crippen LogP contribution in [-0.2, 0) is 0 Å². The van der Waals surface area contributed by atoms with Crippen LogP contribution in [0.25, 0.3) is 64.9 Å². The summed E-state index contributed by atoms with van der Waals surface area (Å²) in [5.74, 6) is 0.795. The van der Waals surface area contributed by atoms with Crippen molar-refractivity contribution in [3.63, 3.8) is 0 Å². The third-order valence-electron chi connectivity index (χ3n) is 11.0. The summed E-state index contributed by atoms with van der Waals surface area (Å²) in [6.45, 7) is 9.55. The van der Waals surface area contributed by atoms with Gasteiger partial charge in [0, 0.05) is 47.3 Å². The molecular weight excluding hydrogens is 787 g/mol. The summed E-state index contributed by atoms with van der Waals surface area (Å²) in [5.41, 5.74) is 7.28. The molecule has 312 valence electrons. The second-order valence-corrected chi connectivity index (χ2v) is 18.1. The Kier molecular flexibility index (Phi) is 15.1. The summed E-state index contributed by atoms with van der Waals surface area (Å²) in [5, 5.41) is 0. The first-order chi connectivity index (χ1) is 29.3. The molecule has 0 aliphatic carbocycles. The molecule has 4 nitrogen and oxygen atoms in total. The number of benzene rings is 4. The molecule has 0 atom stereocenters. The molecule has 0 bridgehead atoms. The van der Waals surface area contributed by atoms with Crippen molar-refractivity contribution in [1.82, 2.24) is 9.97 Å². The molecule has 0 aliphatic rings. The van der Waals surface area contributed by atoms with E-state index in [-0.39, 0.29) is 11.1 Å². The highest BCUT2D eigenvalue weighted by atomic mass is 32.1. The van der Waals surface area contributed by atoms with E-state index < -0.39 is 11.6 Å². The molecule has 0 radical (unpaired) electrons. The van der Waals surface area contributed by atoms with Gasteiger partial charge in [0.05, 0.1) is 35.6 Å². The van der Waals surface area contributed by atoms with E-state index in [1.165, 1.54) is 92.6 Å². The lowest BCUT2D eigenvalue weighted by molar-refractivity contribution is 0.304. The molecule has 0 fully saturated rings. The number of hydrogen-bond acceptors (Lipinski definition) is 6. The van der Waals surface area contributed by atoms with Crippen molar-refractivity contribution in [3.8, 4) is 65.3 Å². The number of unbranched alkanes of at least 4 members (excludes halogenated alkanes) is 10. The number of aryl methyl sites for hydroxylation is 2. The SMILES string of the molecule is CCCCCCCCOc1ccc(-c2nc3c(-c4ccc(C)s4)ccc(-c4ccc(-c5cc(F)c(C)cc5F)s4)c3nc2-c2ccc(OCCCCCCCC)cc2)cc1. The Labute approximate surface area is 362 Å². The third-order valence-corrected chi connectivity index (χ3v) is 13.2. The van der Waals surface area contributed by atoms with Crippen molar-refractivity contribution in [2.45, 2.75) is 105 Å². The number of ether oxygens (including phenoxy) is 2. The fraction of sp³-hybridized carbons (Fsp3) is 0.346. The third kappa shape index (κ3) is 10.7. The van der Waals surface area contributed by atoms with Crippen LogP contribution in [0.15, 0.2) is 97.1 Å². The minimum atomic E-state index is -0.444. The molecule has 4 aromatic carbocycles. The first kappa shape index (κ1) is 43.2. The molecule has 8 heteroatoms. The molecule has 3 heterocycles. The first-order valence-corrected chi connectivity index (χ1v) is 23.4. The molecule has 0 N–H and O–H groups in total. The number of aromatic nitrogens is 2. The van der Waals surface area contributed by atoms with Gasteiger partial charge in [0.15, 0.2) is 0 Å². The van der Waals surface area contributed by atoms with Crippen LogP contribution in [0.4, 0.5) is 8.78 Å². The molecular formula is C52H56F2N2O2S2. The van der Waals surface area contributed by atoms with Gasteiger partial charge in [-0.2, -0.15) is 0 Å². The molecule has 60 heavy (non-hydrogen) atoms. The molecule has 0 saturated carbocycles. The zero-order valence-corrected chi connectivity index (χ0v) is 37.1. The van der Waals surface area contributed by atoms with E-state index in [1.54, 1.807) is 18.3 Å². The van der Waals surface area contributed by atoms with Crippen LogP contribution < -0.4 is 9.47 Å². The van der Waals surface area contributed by atoms with Gasteiger partial charge in [0.1, 0.15) is 23.1 Å². The lowest BCUT2D eigenvalue weighted by Crippen LogP contribution is -2.00. The van der Waals surface area contributed by atoms with Gasteiger partial charge in [-0.1, -0.05) is 90.2 Å². The van der Waals surface area contributed by atoms with Crippen LogP contribution in [0, 0.1) is 25.5 Å². The second-order valence-electron chi connectivity index (χ2n) is 15.7. The van der Waals surface area contributed by atoms with Gasteiger partial charge < -0.3 is 9.47 Å². The van der Waals surface area contributed by atoms with Crippen LogP contribution in [-0.4, -0.2) is 23.2 Å². The molecule has 0 aliphatic heterocycles. The number of fused-ring (bicyclic) bond motifs is 1. The number of thiophene rings is 2. The van der Waals surface area contributed by atoms with Crippen LogP contribution in [0.5, 0.6) is 11.5 Å². The summed E-state index contributed by atoms with van der Waals surface area (Å²) < 4.78 is 42.2. The average molecular weight is 843 g/mol. The van der Waals surface area contributed by atoms with Gasteiger partial charge in [-0.15, -0.1) is 22.7 Å². The quantitative estimate of drug-likeness (QED) is 0.0676. The maximum absolute atomic E-state index is 15.2. The molecule has 0 saturated heterocycles. The molecule has 3 aromatic heterocycles. The lowest BCUT2D eigenvalue weighted by Gasteiger charge is -2.15. The van der Waals surface area contributed by atoms with Gasteiger partial charge in [0.25, 0.3) is 0 Å². The summed E-state index contributed by atoms with van der Waals surface area (Å²) >= 11 is 3.14. The van der Waals surface area contributed by atoms with E-state index in [2.05, 4.69) is 69.3 Å². The molecule has 0 unspecified atom stereocenters. The van der Waals surface area contributed by atoms with Crippen molar-refractivity contribution < 1.29 is 18.3 Å². The molecule has 0 spiro atoms. The summed E-state index contributed by atoms with van der Waals surface area (Å²) in [6.07, 6.45) is 14.6. The standard InChI is InChI=1S/C52H56F2N2O2S2/c1-5-7-9-11-13-15-31-57-39-22-18-37(19-23-39)49-50(38-20-24-40(25-21-38)58-32-16-14-12-10-8-6-2)56-52-42(27-26-41(51(52)55-49)46-28-17-36(4)59-46)47-29-30-48(60-47)43-34-44(53)35(3)33-45(43)54/h17-30,33-34H,5-16,31-32H2,1-4H3. The van der Waals surface area contributed by atoms with Crippen molar-refractivity contribution in [3.05, 3.63) is 119 Å². The fourth-order valence-electron chi connectivity index (χ4n) is 7.54. The van der Waals surface area contributed by atoms with Crippen LogP contribution in [0.2, 0.25) is 0 Å². The maximum Gasteiger partial charge on any atom is 0.132 e. The van der Waals surface area contributed by atoms with E-state index >= 15 is 4.39 Å². The van der Waals surface area contributed by atoms with E-state index in [9.17, 15) is 4.39 Å². The Hall–Kier alpha value is -4.92. The van der Waals surface area contributed by atoms with Gasteiger partial charge in [-0.05, 0) is 117 Å². The zero-order valence-electron chi connectivity index (χ0n) is 35.4. The normalized spacial score (nSPS) is 11.4. The first-order valence-electron chi connectivity index (χ1n) is 21.8. The predicted molar refractivity (Wildman–Crippen MR) is 250 cm³/mol. The Morgan fingerprint density at radius 3 is 1.40 bits per heavy atom. The Bertz CT molecular complexity index is 2470. The summed E-state index contributed by atoms with van der Waals surface area (Å²) in [7, 11) is 0. The fourth-order valence-corrected chi connectivity index (χ4v) is 9.48. The summed E-state index contributed by atoms with van der Waals surface area (Å²) in [6, 6.07) is 31.2. The molecule has 7 aromatic rings. The zero-order chi connectivity index (χ0) is 41.8. The topological polar surface area (TPSA) is 44.2 Å². The number of hydrogen-bond donors (Lipinski definition) is 0. The largest absolute Gasteiger partial charge is 0.494 e. The predicted octanol–water partition coefficient (Wildman–Crippen LogP) is 16.5. The maximum atomic E-state index is 15.2. The van der Waals surface area contributed by atoms with Gasteiger partial charge in [-0.3, -0.25) is 0 Å². The van der Waals surface area contributed by atoms with Crippen molar-refractivity contribution >= 4 is 33.7 Å². The van der Waals surface area contributed by atoms with Gasteiger partial charge >= 0.3 is 0 Å². The van der Waals surface area contributed by atoms with Crippen LogP contribution in [0.3, 0.4) is 0 Å². The van der Waals surface area contributed by atoms with Gasteiger partial charge in [-0.25, -0.2) is 18.7 Å². The smallest absolute Gasteiger partial charge is 0.132 e. The highest BCUT2D eigenvalue weighted by molar-refractivity contribution is 7.19. The number of halogens is 2. The van der Waals surface area contributed by atoms with E-state index in [0.29, 0.717) is 18.1 Å². The second kappa shape index (κ2) is 21.0. The highest BCUT2D eigenvalue weighted by Gasteiger charge is 2.21. The van der Waals surface area contributed by atoms with Crippen molar-refractivity contribution in [2.24, 2.45) is 0 Å². The van der Waals surface area contributed by atoms with E-state index in [4.69, 9.17) is 19.4 Å². The minimum absolute atomic E-state index is 0.247. The van der Waals surface area contributed by atoms with Crippen molar-refractivity contribution in [1.29, 1.82) is 0 Å². The Morgan fingerprint density at radius 1 is 0.467 bits per heavy atom. The monoisotopic (exact) mass is 842 g/mol. The molecule has 7 rings (SSSR count). The number of rotatable bonds is 21. The lowest BCUT2D eigenvalue weighted by atomic mass is 10.0. The number of nitrogens with zero attached hydrogens (tertiary/aromatic N) is 2. The minimum Gasteiger partial charge on any atom is -0.494 e. The average Bonchev–Trinajstić information content (AvgIpc) is 3.93. The Balaban J connectivity index is 1.28. The van der Waals surface area contributed by atoms with E-state index in [0.717, 1.165) is 78.8 Å². The van der Waals surface area contributed by atoms with E-state index in [1.807, 2.05) is 36.4 Å². The highest BCUT2D eigenvalue weighted by Crippen LogP contribution is 2.44. The summed E-state index contributed by atoms with van der Waals surface area (Å²) in [4.78, 5) is 14.9. The van der Waals surface area contributed by atoms with Crippen LogP contribution in [0.1, 0.15) is 101 Å². The Morgan fingerprint density at radius 2 is 0.917 bits per heavy atom. The van der Waals surface area contributed by atoms with Crippen LogP contribution >= 0.6 is 22.7 Å².